The zero-order valence-corrected chi connectivity index (χ0v) is 9.37. The molecule has 0 aromatic heterocycles. The average molecular weight is 200 g/mol. The van der Waals surface area contributed by atoms with E-state index in [1.54, 1.807) is 0 Å². The molecule has 1 unspecified atom stereocenters. The minimum atomic E-state index is 0.708. The van der Waals surface area contributed by atoms with E-state index in [9.17, 15) is 0 Å². The Kier molecular flexibility index (Phi) is 6.15. The Labute approximate surface area is 87.6 Å². The molecule has 84 valence electrons. The third kappa shape index (κ3) is 4.40. The third-order valence-electron chi connectivity index (χ3n) is 3.08. The molecule has 0 bridgehead atoms. The largest absolute Gasteiger partial charge is 0.380 e. The van der Waals surface area contributed by atoms with Gasteiger partial charge in [-0.25, -0.2) is 0 Å². The van der Waals surface area contributed by atoms with E-state index >= 15 is 0 Å². The summed E-state index contributed by atoms with van der Waals surface area (Å²) in [6.45, 7) is 8.38. The van der Waals surface area contributed by atoms with Crippen LogP contribution in [0.4, 0.5) is 0 Å². The van der Waals surface area contributed by atoms with Crippen molar-refractivity contribution < 1.29 is 4.74 Å². The molecule has 3 nitrogen and oxygen atoms in total. The molecule has 0 aromatic rings. The van der Waals surface area contributed by atoms with Gasteiger partial charge in [0.1, 0.15) is 0 Å². The quantitative estimate of drug-likeness (QED) is 0.722. The smallest absolute Gasteiger partial charge is 0.0593 e. The van der Waals surface area contributed by atoms with Crippen molar-refractivity contribution in [2.45, 2.75) is 26.2 Å². The van der Waals surface area contributed by atoms with Gasteiger partial charge in [-0.2, -0.15) is 0 Å². The maximum absolute atomic E-state index is 5.69. The Balaban J connectivity index is 2.14. The van der Waals surface area contributed by atoms with Crippen LogP contribution < -0.4 is 5.73 Å². The molecule has 1 aliphatic rings. The molecule has 1 aliphatic heterocycles. The number of hydrogen-bond donors (Lipinski definition) is 1. The summed E-state index contributed by atoms with van der Waals surface area (Å²) in [5, 5.41) is 0. The summed E-state index contributed by atoms with van der Waals surface area (Å²) in [6, 6.07) is 0. The van der Waals surface area contributed by atoms with Crippen molar-refractivity contribution in [1.82, 2.24) is 4.90 Å². The van der Waals surface area contributed by atoms with Crippen molar-refractivity contribution in [1.29, 1.82) is 0 Å². The molecule has 14 heavy (non-hydrogen) atoms. The molecule has 0 radical (unpaired) electrons. The fourth-order valence-electron chi connectivity index (χ4n) is 1.88. The maximum Gasteiger partial charge on any atom is 0.0593 e. The fraction of sp³-hybridized carbons (Fsp3) is 1.00. The molecule has 3 heteroatoms. The Morgan fingerprint density at radius 2 is 2.21 bits per heavy atom. The molecular weight excluding hydrogens is 176 g/mol. The summed E-state index contributed by atoms with van der Waals surface area (Å²) in [5.74, 6) is 0.708. The van der Waals surface area contributed by atoms with Gasteiger partial charge >= 0.3 is 0 Å². The van der Waals surface area contributed by atoms with Crippen LogP contribution in [0, 0.1) is 5.92 Å². The van der Waals surface area contributed by atoms with Crippen LogP contribution in [0.15, 0.2) is 0 Å². The van der Waals surface area contributed by atoms with Crippen molar-refractivity contribution in [2.75, 3.05) is 39.4 Å². The second-order valence-electron chi connectivity index (χ2n) is 4.11. The summed E-state index contributed by atoms with van der Waals surface area (Å²) < 4.78 is 5.42. The first-order chi connectivity index (χ1) is 6.86. The van der Waals surface area contributed by atoms with Gasteiger partial charge in [0.05, 0.1) is 6.61 Å². The number of nitrogens with two attached hydrogens (primary N) is 1. The van der Waals surface area contributed by atoms with E-state index in [0.717, 1.165) is 26.3 Å². The lowest BCUT2D eigenvalue weighted by molar-refractivity contribution is 0.140. The molecule has 0 saturated carbocycles. The van der Waals surface area contributed by atoms with Crippen LogP contribution in [-0.2, 0) is 4.74 Å². The Bertz CT molecular complexity index is 129. The van der Waals surface area contributed by atoms with Gasteiger partial charge in [-0.05, 0) is 31.8 Å². The van der Waals surface area contributed by atoms with Crippen LogP contribution in [0.3, 0.4) is 0 Å². The fourth-order valence-corrected chi connectivity index (χ4v) is 1.88. The van der Waals surface area contributed by atoms with Gasteiger partial charge in [0.2, 0.25) is 0 Å². The predicted molar refractivity (Wildman–Crippen MR) is 59.3 cm³/mol. The van der Waals surface area contributed by atoms with E-state index in [-0.39, 0.29) is 0 Å². The maximum atomic E-state index is 5.69. The van der Waals surface area contributed by atoms with Gasteiger partial charge < -0.3 is 15.4 Å². The molecule has 0 aliphatic carbocycles. The molecular formula is C11H24N2O. The summed E-state index contributed by atoms with van der Waals surface area (Å²) in [4.78, 5) is 2.51. The molecule has 1 heterocycles. The van der Waals surface area contributed by atoms with E-state index in [0.29, 0.717) is 5.92 Å². The lowest BCUT2D eigenvalue weighted by atomic mass is 10.0. The number of nitrogens with zero attached hydrogens (tertiary/aromatic N) is 1. The highest BCUT2D eigenvalue weighted by Crippen LogP contribution is 2.08. The van der Waals surface area contributed by atoms with Crippen molar-refractivity contribution in [3.05, 3.63) is 0 Å². The molecule has 1 saturated heterocycles. The van der Waals surface area contributed by atoms with Crippen LogP contribution in [0.1, 0.15) is 26.2 Å². The van der Waals surface area contributed by atoms with Crippen molar-refractivity contribution >= 4 is 0 Å². The van der Waals surface area contributed by atoms with E-state index in [4.69, 9.17) is 10.5 Å². The zero-order chi connectivity index (χ0) is 10.2. The standard InChI is InChI=1S/C11H24N2O/c1-2-11(10-12)4-6-13-5-3-8-14-9-7-13/h11H,2-10,12H2,1H3. The van der Waals surface area contributed by atoms with Crippen LogP contribution in [-0.4, -0.2) is 44.3 Å². The minimum Gasteiger partial charge on any atom is -0.380 e. The minimum absolute atomic E-state index is 0.708. The molecule has 0 spiro atoms. The molecule has 2 N–H and O–H groups in total. The second-order valence-corrected chi connectivity index (χ2v) is 4.11. The summed E-state index contributed by atoms with van der Waals surface area (Å²) in [7, 11) is 0. The normalized spacial score (nSPS) is 21.9. The predicted octanol–water partition coefficient (Wildman–Crippen LogP) is 1.08. The SMILES string of the molecule is CCC(CN)CCN1CCCOCC1. The molecule has 0 aromatic carbocycles. The monoisotopic (exact) mass is 200 g/mol. The van der Waals surface area contributed by atoms with Gasteiger partial charge in [0, 0.05) is 19.7 Å². The van der Waals surface area contributed by atoms with Gasteiger partial charge in [-0.15, -0.1) is 0 Å². The van der Waals surface area contributed by atoms with Crippen molar-refractivity contribution in [3.63, 3.8) is 0 Å². The highest BCUT2D eigenvalue weighted by molar-refractivity contribution is 4.65. The van der Waals surface area contributed by atoms with E-state index in [2.05, 4.69) is 11.8 Å². The highest BCUT2D eigenvalue weighted by Gasteiger charge is 2.11. The summed E-state index contributed by atoms with van der Waals surface area (Å²) >= 11 is 0. The highest BCUT2D eigenvalue weighted by atomic mass is 16.5. The van der Waals surface area contributed by atoms with Crippen molar-refractivity contribution in [3.8, 4) is 0 Å². The first-order valence-electron chi connectivity index (χ1n) is 5.87. The Morgan fingerprint density at radius 1 is 1.36 bits per heavy atom. The number of rotatable bonds is 5. The van der Waals surface area contributed by atoms with E-state index in [1.807, 2.05) is 0 Å². The lowest BCUT2D eigenvalue weighted by Gasteiger charge is -2.21. The van der Waals surface area contributed by atoms with Crippen molar-refractivity contribution in [2.24, 2.45) is 11.7 Å². The molecule has 1 atom stereocenters. The van der Waals surface area contributed by atoms with E-state index in [1.165, 1.54) is 32.4 Å². The van der Waals surface area contributed by atoms with E-state index < -0.39 is 0 Å². The lowest BCUT2D eigenvalue weighted by Crippen LogP contribution is -2.30. The topological polar surface area (TPSA) is 38.5 Å². The summed E-state index contributed by atoms with van der Waals surface area (Å²) in [6.07, 6.45) is 3.63. The van der Waals surface area contributed by atoms with Gasteiger partial charge in [-0.3, -0.25) is 0 Å². The van der Waals surface area contributed by atoms with Crippen LogP contribution in [0.25, 0.3) is 0 Å². The van der Waals surface area contributed by atoms with Crippen LogP contribution in [0.2, 0.25) is 0 Å². The van der Waals surface area contributed by atoms with Gasteiger partial charge in [-0.1, -0.05) is 13.3 Å². The number of hydrogen-bond acceptors (Lipinski definition) is 3. The Morgan fingerprint density at radius 3 is 2.93 bits per heavy atom. The second kappa shape index (κ2) is 7.21. The van der Waals surface area contributed by atoms with Gasteiger partial charge in [0.15, 0.2) is 0 Å². The first-order valence-corrected chi connectivity index (χ1v) is 5.87. The molecule has 0 amide bonds. The third-order valence-corrected chi connectivity index (χ3v) is 3.08. The Hall–Kier alpha value is -0.120. The van der Waals surface area contributed by atoms with Gasteiger partial charge in [0.25, 0.3) is 0 Å². The summed E-state index contributed by atoms with van der Waals surface area (Å²) in [5.41, 5.74) is 5.69. The zero-order valence-electron chi connectivity index (χ0n) is 9.37. The van der Waals surface area contributed by atoms with Crippen LogP contribution >= 0.6 is 0 Å². The average Bonchev–Trinajstić information content (AvgIpc) is 2.48. The first kappa shape index (κ1) is 12.0. The van der Waals surface area contributed by atoms with Crippen LogP contribution in [0.5, 0.6) is 0 Å². The molecule has 1 fully saturated rings. The number of ether oxygens (including phenoxy) is 1. The molecule has 1 rings (SSSR count).